The summed E-state index contributed by atoms with van der Waals surface area (Å²) < 4.78 is 19.0. The van der Waals surface area contributed by atoms with Crippen LogP contribution in [0.1, 0.15) is 22.9 Å². The number of ether oxygens (including phenoxy) is 1. The third-order valence-electron chi connectivity index (χ3n) is 3.64. The van der Waals surface area contributed by atoms with Crippen molar-refractivity contribution in [2.45, 2.75) is 32.4 Å². The second kappa shape index (κ2) is 5.94. The molecule has 0 aliphatic carbocycles. The summed E-state index contributed by atoms with van der Waals surface area (Å²) in [5, 5.41) is 5.59. The molecule has 0 bridgehead atoms. The minimum absolute atomic E-state index is 0.108. The van der Waals surface area contributed by atoms with Gasteiger partial charge in [-0.1, -0.05) is 6.92 Å². The molecule has 2 heterocycles. The van der Waals surface area contributed by atoms with Crippen molar-refractivity contribution in [3.8, 4) is 5.75 Å². The zero-order valence-electron chi connectivity index (χ0n) is 11.5. The van der Waals surface area contributed by atoms with E-state index in [2.05, 4.69) is 23.7 Å². The van der Waals surface area contributed by atoms with Crippen LogP contribution >= 0.6 is 11.3 Å². The van der Waals surface area contributed by atoms with E-state index in [1.54, 1.807) is 23.5 Å². The van der Waals surface area contributed by atoms with E-state index >= 15 is 0 Å². The molecule has 3 rings (SSSR count). The van der Waals surface area contributed by atoms with E-state index in [0.29, 0.717) is 0 Å². The SMILES string of the molecule is CCc1ccsc1CNCC1Cc2cc(F)ccc2O1. The van der Waals surface area contributed by atoms with Gasteiger partial charge in [0.15, 0.2) is 0 Å². The number of halogens is 1. The van der Waals surface area contributed by atoms with Crippen LogP contribution in [0.3, 0.4) is 0 Å². The summed E-state index contributed by atoms with van der Waals surface area (Å²) in [7, 11) is 0. The molecule has 0 amide bonds. The van der Waals surface area contributed by atoms with E-state index in [1.807, 2.05) is 0 Å². The van der Waals surface area contributed by atoms with Gasteiger partial charge in [-0.05, 0) is 41.6 Å². The number of fused-ring (bicyclic) bond motifs is 1. The van der Waals surface area contributed by atoms with Gasteiger partial charge in [0.25, 0.3) is 0 Å². The number of rotatable bonds is 5. The Balaban J connectivity index is 1.51. The van der Waals surface area contributed by atoms with Crippen molar-refractivity contribution < 1.29 is 9.13 Å². The van der Waals surface area contributed by atoms with Crippen LogP contribution in [0.25, 0.3) is 0 Å². The lowest BCUT2D eigenvalue weighted by Gasteiger charge is -2.11. The normalized spacial score (nSPS) is 17.0. The van der Waals surface area contributed by atoms with Gasteiger partial charge >= 0.3 is 0 Å². The summed E-state index contributed by atoms with van der Waals surface area (Å²) in [4.78, 5) is 1.40. The third-order valence-corrected chi connectivity index (χ3v) is 4.60. The van der Waals surface area contributed by atoms with Crippen LogP contribution in [0.2, 0.25) is 0 Å². The fourth-order valence-electron chi connectivity index (χ4n) is 2.59. The maximum Gasteiger partial charge on any atom is 0.123 e. The smallest absolute Gasteiger partial charge is 0.123 e. The molecule has 1 atom stereocenters. The average Bonchev–Trinajstić information content (AvgIpc) is 3.04. The molecule has 1 aliphatic heterocycles. The summed E-state index contributed by atoms with van der Waals surface area (Å²) in [6, 6.07) is 6.93. The topological polar surface area (TPSA) is 21.3 Å². The maximum atomic E-state index is 13.1. The van der Waals surface area contributed by atoms with Gasteiger partial charge < -0.3 is 10.1 Å². The second-order valence-corrected chi connectivity index (χ2v) is 6.05. The van der Waals surface area contributed by atoms with Crippen LogP contribution in [0.4, 0.5) is 4.39 Å². The van der Waals surface area contributed by atoms with Crippen molar-refractivity contribution in [2.75, 3.05) is 6.54 Å². The first kappa shape index (κ1) is 13.6. The van der Waals surface area contributed by atoms with E-state index < -0.39 is 0 Å². The Hall–Kier alpha value is -1.39. The van der Waals surface area contributed by atoms with Crippen molar-refractivity contribution in [1.82, 2.24) is 5.32 Å². The lowest BCUT2D eigenvalue weighted by molar-refractivity contribution is 0.227. The Morgan fingerprint density at radius 1 is 1.40 bits per heavy atom. The quantitative estimate of drug-likeness (QED) is 0.909. The molecule has 2 nitrogen and oxygen atoms in total. The summed E-state index contributed by atoms with van der Waals surface area (Å²) >= 11 is 1.79. The summed E-state index contributed by atoms with van der Waals surface area (Å²) in [5.41, 5.74) is 2.39. The molecule has 20 heavy (non-hydrogen) atoms. The molecule has 106 valence electrons. The lowest BCUT2D eigenvalue weighted by atomic mass is 10.1. The van der Waals surface area contributed by atoms with E-state index in [1.165, 1.54) is 16.5 Å². The molecule has 0 spiro atoms. The summed E-state index contributed by atoms with van der Waals surface area (Å²) in [5.74, 6) is 0.635. The molecular formula is C16H18FNOS. The molecule has 0 saturated heterocycles. The van der Waals surface area contributed by atoms with Crippen molar-refractivity contribution in [1.29, 1.82) is 0 Å². The highest BCUT2D eigenvalue weighted by atomic mass is 32.1. The van der Waals surface area contributed by atoms with Crippen molar-refractivity contribution in [3.63, 3.8) is 0 Å². The van der Waals surface area contributed by atoms with Crippen LogP contribution in [0, 0.1) is 5.82 Å². The largest absolute Gasteiger partial charge is 0.488 e. The molecule has 1 aromatic carbocycles. The molecule has 1 aliphatic rings. The van der Waals surface area contributed by atoms with Crippen LogP contribution in [0.5, 0.6) is 5.75 Å². The minimum atomic E-state index is -0.188. The standard InChI is InChI=1S/C16H18FNOS/c1-2-11-5-6-20-16(11)10-18-9-14-8-12-7-13(17)3-4-15(12)19-14/h3-7,14,18H,2,8-10H2,1H3. The molecular weight excluding hydrogens is 273 g/mol. The summed E-state index contributed by atoms with van der Waals surface area (Å²) in [6.45, 7) is 3.85. The predicted molar refractivity (Wildman–Crippen MR) is 79.9 cm³/mol. The molecule has 0 saturated carbocycles. The first-order chi connectivity index (χ1) is 9.76. The maximum absolute atomic E-state index is 13.1. The molecule has 0 radical (unpaired) electrons. The minimum Gasteiger partial charge on any atom is -0.488 e. The van der Waals surface area contributed by atoms with Crippen molar-refractivity contribution in [2.24, 2.45) is 0 Å². The van der Waals surface area contributed by atoms with Crippen molar-refractivity contribution >= 4 is 11.3 Å². The van der Waals surface area contributed by atoms with E-state index in [0.717, 1.165) is 37.2 Å². The molecule has 1 aromatic heterocycles. The zero-order chi connectivity index (χ0) is 13.9. The van der Waals surface area contributed by atoms with Crippen LogP contribution < -0.4 is 10.1 Å². The van der Waals surface area contributed by atoms with Crippen LogP contribution in [0.15, 0.2) is 29.6 Å². The molecule has 1 N–H and O–H groups in total. The average molecular weight is 291 g/mol. The first-order valence-corrected chi connectivity index (χ1v) is 7.85. The number of nitrogens with one attached hydrogen (secondary N) is 1. The van der Waals surface area contributed by atoms with Gasteiger partial charge in [0, 0.05) is 30.0 Å². The Bertz CT molecular complexity index is 596. The van der Waals surface area contributed by atoms with E-state index in [4.69, 9.17) is 4.74 Å². The predicted octanol–water partition coefficient (Wildman–Crippen LogP) is 3.54. The van der Waals surface area contributed by atoms with Gasteiger partial charge in [-0.3, -0.25) is 0 Å². The van der Waals surface area contributed by atoms with Gasteiger partial charge in [-0.25, -0.2) is 4.39 Å². The van der Waals surface area contributed by atoms with Gasteiger partial charge in [-0.15, -0.1) is 11.3 Å². The molecule has 2 aromatic rings. The first-order valence-electron chi connectivity index (χ1n) is 6.97. The molecule has 1 unspecified atom stereocenters. The van der Waals surface area contributed by atoms with Gasteiger partial charge in [-0.2, -0.15) is 0 Å². The number of thiophene rings is 1. The Labute approximate surface area is 122 Å². The van der Waals surface area contributed by atoms with Gasteiger partial charge in [0.05, 0.1) is 0 Å². The Kier molecular flexibility index (Phi) is 4.03. The van der Waals surface area contributed by atoms with Crippen LogP contribution in [-0.4, -0.2) is 12.6 Å². The van der Waals surface area contributed by atoms with Gasteiger partial charge in [0.2, 0.25) is 0 Å². The van der Waals surface area contributed by atoms with Gasteiger partial charge in [0.1, 0.15) is 17.7 Å². The number of benzene rings is 1. The van der Waals surface area contributed by atoms with Crippen molar-refractivity contribution in [3.05, 3.63) is 51.5 Å². The Morgan fingerprint density at radius 3 is 3.15 bits per heavy atom. The second-order valence-electron chi connectivity index (χ2n) is 5.05. The Morgan fingerprint density at radius 2 is 2.30 bits per heavy atom. The molecule has 0 fully saturated rings. The van der Waals surface area contributed by atoms with E-state index in [-0.39, 0.29) is 11.9 Å². The highest BCUT2D eigenvalue weighted by molar-refractivity contribution is 7.10. The fraction of sp³-hybridized carbons (Fsp3) is 0.375. The fourth-order valence-corrected chi connectivity index (χ4v) is 3.53. The lowest BCUT2D eigenvalue weighted by Crippen LogP contribution is -2.29. The number of hydrogen-bond donors (Lipinski definition) is 1. The highest BCUT2D eigenvalue weighted by Crippen LogP contribution is 2.29. The number of hydrogen-bond acceptors (Lipinski definition) is 3. The highest BCUT2D eigenvalue weighted by Gasteiger charge is 2.22. The third kappa shape index (κ3) is 2.86. The van der Waals surface area contributed by atoms with E-state index in [9.17, 15) is 4.39 Å². The number of aryl methyl sites for hydroxylation is 1. The summed E-state index contributed by atoms with van der Waals surface area (Å²) in [6.07, 6.45) is 1.97. The van der Waals surface area contributed by atoms with Crippen LogP contribution in [-0.2, 0) is 19.4 Å². The zero-order valence-corrected chi connectivity index (χ0v) is 12.3. The molecule has 4 heteroatoms. The monoisotopic (exact) mass is 291 g/mol.